The minimum atomic E-state index is -3.21. The average Bonchev–Trinajstić information content (AvgIpc) is 3.41. The highest BCUT2D eigenvalue weighted by molar-refractivity contribution is 7.92. The zero-order chi connectivity index (χ0) is 22.3. The van der Waals surface area contributed by atoms with E-state index in [9.17, 15) is 18.0 Å². The van der Waals surface area contributed by atoms with E-state index in [0.29, 0.717) is 31.6 Å². The third-order valence-electron chi connectivity index (χ3n) is 6.96. The van der Waals surface area contributed by atoms with E-state index >= 15 is 0 Å². The molecule has 2 aromatic rings. The molecule has 0 bridgehead atoms. The normalized spacial score (nSPS) is 27.3. The summed E-state index contributed by atoms with van der Waals surface area (Å²) in [5.41, 5.74) is 1.05. The van der Waals surface area contributed by atoms with Gasteiger partial charge in [-0.05, 0) is 37.8 Å². The Morgan fingerprint density at radius 3 is 2.72 bits per heavy atom. The quantitative estimate of drug-likeness (QED) is 0.492. The van der Waals surface area contributed by atoms with Gasteiger partial charge in [-0.1, -0.05) is 18.6 Å². The number of carbonyl (C=O) groups excluding carboxylic acids is 2. The molecule has 1 aromatic carbocycles. The Bertz CT molecular complexity index is 1090. The summed E-state index contributed by atoms with van der Waals surface area (Å²) in [6.07, 6.45) is 4.12. The van der Waals surface area contributed by atoms with Crippen LogP contribution in [0, 0.1) is 0 Å². The highest BCUT2D eigenvalue weighted by Crippen LogP contribution is 2.34. The number of nitrogens with zero attached hydrogens (tertiary/aromatic N) is 2. The van der Waals surface area contributed by atoms with Gasteiger partial charge in [0.15, 0.2) is 9.84 Å². The van der Waals surface area contributed by atoms with Crippen molar-refractivity contribution >= 4 is 43.3 Å². The first-order valence-electron chi connectivity index (χ1n) is 11.3. The predicted octanol–water partition coefficient (Wildman–Crippen LogP) is 2.41. The monoisotopic (exact) mass is 476 g/mol. The fourth-order valence-corrected chi connectivity index (χ4v) is 8.63. The number of benzene rings is 1. The number of hydrogen-bond acceptors (Lipinski definition) is 6. The van der Waals surface area contributed by atoms with Crippen molar-refractivity contribution in [1.29, 1.82) is 0 Å². The van der Waals surface area contributed by atoms with Gasteiger partial charge in [0.25, 0.3) is 0 Å². The topological polar surface area (TPSA) is 108 Å². The van der Waals surface area contributed by atoms with Crippen molar-refractivity contribution in [2.45, 2.75) is 61.8 Å². The largest absolute Gasteiger partial charge is 0.343 e. The Balaban J connectivity index is 1.07. The molecule has 1 aromatic heterocycles. The molecule has 0 radical (unpaired) electrons. The van der Waals surface area contributed by atoms with Gasteiger partial charge in [0.2, 0.25) is 5.91 Å². The Kier molecular flexibility index (Phi) is 5.83. The fourth-order valence-electron chi connectivity index (χ4n) is 5.23. The van der Waals surface area contributed by atoms with Crippen LogP contribution in [0.3, 0.4) is 0 Å². The van der Waals surface area contributed by atoms with Gasteiger partial charge in [0, 0.05) is 25.4 Å². The molecule has 3 saturated heterocycles. The molecule has 3 aliphatic heterocycles. The van der Waals surface area contributed by atoms with Gasteiger partial charge in [0.05, 0.1) is 38.3 Å². The number of unbranched alkanes of at least 4 members (excludes halogenated alkanes) is 1. The molecule has 5 rings (SSSR count). The van der Waals surface area contributed by atoms with E-state index in [2.05, 4.69) is 16.7 Å². The van der Waals surface area contributed by atoms with E-state index in [0.717, 1.165) is 31.4 Å². The number of para-hydroxylation sites is 1. The lowest BCUT2D eigenvalue weighted by atomic mass is 9.97. The third kappa shape index (κ3) is 4.22. The van der Waals surface area contributed by atoms with E-state index < -0.39 is 15.1 Å². The van der Waals surface area contributed by atoms with Gasteiger partial charge < -0.3 is 15.5 Å². The molecule has 10 heteroatoms. The molecule has 4 heterocycles. The highest BCUT2D eigenvalue weighted by atomic mass is 32.2. The molecule has 0 unspecified atom stereocenters. The van der Waals surface area contributed by atoms with Crippen LogP contribution in [0.5, 0.6) is 0 Å². The number of fused-ring (bicyclic) bond motifs is 2. The van der Waals surface area contributed by atoms with E-state index in [1.807, 2.05) is 23.1 Å². The molecule has 32 heavy (non-hydrogen) atoms. The fraction of sp³-hybridized carbons (Fsp3) is 0.591. The van der Waals surface area contributed by atoms with Gasteiger partial charge in [-0.25, -0.2) is 18.2 Å². The van der Waals surface area contributed by atoms with Gasteiger partial charge in [0.1, 0.15) is 0 Å². The predicted molar refractivity (Wildman–Crippen MR) is 123 cm³/mol. The number of carbonyl (C=O) groups is 2. The maximum atomic E-state index is 12.7. The standard InChI is InChI=1S/C22H28N4O4S2/c27-19(8-4-3-7-18-20-16(13-32(18,29)30)24-22(28)25-20)26-11-9-14(10-12-26)21-23-15-5-1-2-6-17(15)31-21/h1-2,5-6,14,16,18,20H,3-4,7-13H2,(H2,24,25,28)/t16-,18-,20+/m1/s1. The van der Waals surface area contributed by atoms with Crippen LogP contribution >= 0.6 is 11.3 Å². The number of likely N-dealkylation sites (tertiary alicyclic amines) is 1. The summed E-state index contributed by atoms with van der Waals surface area (Å²) in [6, 6.07) is 7.23. The summed E-state index contributed by atoms with van der Waals surface area (Å²) in [7, 11) is -3.21. The Morgan fingerprint density at radius 1 is 1.16 bits per heavy atom. The number of nitrogens with one attached hydrogen (secondary N) is 2. The molecule has 0 saturated carbocycles. The van der Waals surface area contributed by atoms with E-state index in [-0.39, 0.29) is 29.8 Å². The van der Waals surface area contributed by atoms with Gasteiger partial charge in [-0.15, -0.1) is 11.3 Å². The van der Waals surface area contributed by atoms with Crippen LogP contribution in [0.15, 0.2) is 24.3 Å². The van der Waals surface area contributed by atoms with Crippen LogP contribution in [0.1, 0.15) is 49.5 Å². The van der Waals surface area contributed by atoms with Gasteiger partial charge >= 0.3 is 6.03 Å². The summed E-state index contributed by atoms with van der Waals surface area (Å²) in [5, 5.41) is 6.04. The van der Waals surface area contributed by atoms with E-state index in [1.165, 1.54) is 9.71 Å². The van der Waals surface area contributed by atoms with Crippen molar-refractivity contribution in [3.05, 3.63) is 29.3 Å². The number of rotatable bonds is 6. The van der Waals surface area contributed by atoms with Crippen LogP contribution in [-0.2, 0) is 14.6 Å². The minimum absolute atomic E-state index is 0.00358. The van der Waals surface area contributed by atoms with Crippen molar-refractivity contribution < 1.29 is 18.0 Å². The zero-order valence-corrected chi connectivity index (χ0v) is 19.5. The maximum Gasteiger partial charge on any atom is 0.315 e. The summed E-state index contributed by atoms with van der Waals surface area (Å²) in [5.74, 6) is 0.562. The highest BCUT2D eigenvalue weighted by Gasteiger charge is 2.51. The number of thiazole rings is 1. The molecule has 3 fully saturated rings. The molecule has 172 valence electrons. The lowest BCUT2D eigenvalue weighted by Gasteiger charge is -2.31. The van der Waals surface area contributed by atoms with Crippen molar-refractivity contribution in [2.75, 3.05) is 18.8 Å². The number of sulfone groups is 1. The van der Waals surface area contributed by atoms with E-state index in [1.54, 1.807) is 11.3 Å². The zero-order valence-electron chi connectivity index (χ0n) is 17.8. The summed E-state index contributed by atoms with van der Waals surface area (Å²) in [6.45, 7) is 1.50. The Labute approximate surface area is 191 Å². The van der Waals surface area contributed by atoms with Gasteiger partial charge in [-0.2, -0.15) is 0 Å². The molecular weight excluding hydrogens is 448 g/mol. The molecule has 0 aliphatic carbocycles. The molecule has 3 atom stereocenters. The number of hydrogen-bond donors (Lipinski definition) is 2. The minimum Gasteiger partial charge on any atom is -0.343 e. The molecule has 2 N–H and O–H groups in total. The van der Waals surface area contributed by atoms with Crippen LogP contribution in [0.2, 0.25) is 0 Å². The van der Waals surface area contributed by atoms with E-state index in [4.69, 9.17) is 4.98 Å². The first-order valence-corrected chi connectivity index (χ1v) is 13.9. The van der Waals surface area contributed by atoms with Gasteiger partial charge in [-0.3, -0.25) is 4.79 Å². The lowest BCUT2D eigenvalue weighted by Crippen LogP contribution is -2.39. The second kappa shape index (κ2) is 8.62. The van der Waals surface area contributed by atoms with Crippen molar-refractivity contribution in [3.63, 3.8) is 0 Å². The van der Waals surface area contributed by atoms with Crippen LogP contribution in [0.4, 0.5) is 4.79 Å². The van der Waals surface area contributed by atoms with Crippen molar-refractivity contribution in [2.24, 2.45) is 0 Å². The first kappa shape index (κ1) is 21.6. The molecule has 3 amide bonds. The average molecular weight is 477 g/mol. The molecule has 3 aliphatic rings. The first-order chi connectivity index (χ1) is 15.4. The Morgan fingerprint density at radius 2 is 1.94 bits per heavy atom. The van der Waals surface area contributed by atoms with Crippen LogP contribution < -0.4 is 10.6 Å². The lowest BCUT2D eigenvalue weighted by molar-refractivity contribution is -0.132. The summed E-state index contributed by atoms with van der Waals surface area (Å²) in [4.78, 5) is 30.9. The van der Waals surface area contributed by atoms with Crippen molar-refractivity contribution in [3.8, 4) is 0 Å². The third-order valence-corrected chi connectivity index (χ3v) is 10.4. The summed E-state index contributed by atoms with van der Waals surface area (Å²) >= 11 is 1.75. The molecule has 0 spiro atoms. The van der Waals surface area contributed by atoms with Crippen LogP contribution in [-0.4, -0.2) is 66.4 Å². The number of piperidine rings is 1. The SMILES string of the molecule is O=C1N[C@@H]2[C@@H](CCCCC(=O)N3CCC(c4nc5ccccc5s4)CC3)S(=O)(=O)C[C@H]2N1. The Hall–Kier alpha value is -2.20. The summed E-state index contributed by atoms with van der Waals surface area (Å²) < 4.78 is 26.0. The second-order valence-electron chi connectivity index (χ2n) is 9.04. The number of amides is 3. The maximum absolute atomic E-state index is 12.7. The smallest absolute Gasteiger partial charge is 0.315 e. The second-order valence-corrected chi connectivity index (χ2v) is 12.4. The van der Waals surface area contributed by atoms with Crippen molar-refractivity contribution in [1.82, 2.24) is 20.5 Å². The number of aromatic nitrogens is 1. The molecule has 8 nitrogen and oxygen atoms in total. The number of urea groups is 1. The molecular formula is C22H28N4O4S2. The van der Waals surface area contributed by atoms with Crippen LogP contribution in [0.25, 0.3) is 10.2 Å².